The molecule has 0 radical (unpaired) electrons. The first-order valence-corrected chi connectivity index (χ1v) is 6.75. The zero-order chi connectivity index (χ0) is 13.9. The van der Waals surface area contributed by atoms with Gasteiger partial charge in [-0.3, -0.25) is 4.79 Å². The lowest BCUT2D eigenvalue weighted by atomic mass is 9.88. The highest BCUT2D eigenvalue weighted by molar-refractivity contribution is 5.69. The Morgan fingerprint density at radius 3 is 3.05 bits per heavy atom. The van der Waals surface area contributed by atoms with Crippen LogP contribution in [-0.2, 0) is 16.0 Å². The van der Waals surface area contributed by atoms with Crippen LogP contribution in [0.3, 0.4) is 0 Å². The van der Waals surface area contributed by atoms with Crippen molar-refractivity contribution in [1.82, 2.24) is 0 Å². The van der Waals surface area contributed by atoms with Crippen molar-refractivity contribution in [3.8, 4) is 5.75 Å². The van der Waals surface area contributed by atoms with Gasteiger partial charge in [0.25, 0.3) is 0 Å². The van der Waals surface area contributed by atoms with Gasteiger partial charge in [0.2, 0.25) is 0 Å². The van der Waals surface area contributed by atoms with Crippen molar-refractivity contribution in [2.45, 2.75) is 45.1 Å². The van der Waals surface area contributed by atoms with E-state index in [0.29, 0.717) is 19.4 Å². The molecule has 104 valence electrons. The predicted molar refractivity (Wildman–Crippen MR) is 74.1 cm³/mol. The van der Waals surface area contributed by atoms with Crippen molar-refractivity contribution in [3.05, 3.63) is 23.8 Å². The fourth-order valence-electron chi connectivity index (χ4n) is 2.39. The Labute approximate surface area is 113 Å². The number of carbonyl (C=O) groups is 1. The highest BCUT2D eigenvalue weighted by Crippen LogP contribution is 2.36. The van der Waals surface area contributed by atoms with Gasteiger partial charge in [0.15, 0.2) is 0 Å². The van der Waals surface area contributed by atoms with E-state index < -0.39 is 0 Å². The molecule has 1 aromatic carbocycles. The van der Waals surface area contributed by atoms with Crippen LogP contribution in [0.15, 0.2) is 18.2 Å². The van der Waals surface area contributed by atoms with Crippen molar-refractivity contribution in [2.75, 3.05) is 12.3 Å². The molecule has 0 spiro atoms. The molecule has 0 aliphatic carbocycles. The van der Waals surface area contributed by atoms with Gasteiger partial charge in [-0.05, 0) is 56.9 Å². The van der Waals surface area contributed by atoms with Gasteiger partial charge < -0.3 is 15.2 Å². The number of esters is 1. The number of benzene rings is 1. The third kappa shape index (κ3) is 3.40. The lowest BCUT2D eigenvalue weighted by Gasteiger charge is -2.35. The topological polar surface area (TPSA) is 61.5 Å². The molecule has 1 unspecified atom stereocenters. The van der Waals surface area contributed by atoms with Crippen molar-refractivity contribution in [1.29, 1.82) is 0 Å². The Bertz CT molecular complexity index is 472. The molecule has 2 rings (SSSR count). The van der Waals surface area contributed by atoms with Gasteiger partial charge in [0.1, 0.15) is 11.4 Å². The molecule has 0 saturated carbocycles. The molecule has 0 aromatic heterocycles. The zero-order valence-corrected chi connectivity index (χ0v) is 11.6. The molecule has 19 heavy (non-hydrogen) atoms. The largest absolute Gasteiger partial charge is 0.487 e. The summed E-state index contributed by atoms with van der Waals surface area (Å²) in [5.41, 5.74) is 7.38. The second kappa shape index (κ2) is 5.51. The third-order valence-electron chi connectivity index (χ3n) is 3.53. The van der Waals surface area contributed by atoms with E-state index in [-0.39, 0.29) is 11.6 Å². The molecule has 0 fully saturated rings. The van der Waals surface area contributed by atoms with E-state index >= 15 is 0 Å². The van der Waals surface area contributed by atoms with E-state index in [4.69, 9.17) is 15.2 Å². The maximum atomic E-state index is 11.4. The predicted octanol–water partition coefficient (Wildman–Crippen LogP) is 2.70. The molecule has 1 aliphatic rings. The second-order valence-electron chi connectivity index (χ2n) is 5.22. The molecule has 1 heterocycles. The molecule has 4 nitrogen and oxygen atoms in total. The van der Waals surface area contributed by atoms with Crippen LogP contribution >= 0.6 is 0 Å². The van der Waals surface area contributed by atoms with Crippen molar-refractivity contribution < 1.29 is 14.3 Å². The second-order valence-corrected chi connectivity index (χ2v) is 5.22. The molecule has 2 N–H and O–H groups in total. The van der Waals surface area contributed by atoms with Gasteiger partial charge in [-0.15, -0.1) is 0 Å². The third-order valence-corrected chi connectivity index (χ3v) is 3.53. The summed E-state index contributed by atoms with van der Waals surface area (Å²) in [6, 6.07) is 5.71. The smallest absolute Gasteiger partial charge is 0.305 e. The van der Waals surface area contributed by atoms with Gasteiger partial charge in [0, 0.05) is 12.1 Å². The Balaban J connectivity index is 1.99. The molecular weight excluding hydrogens is 242 g/mol. The van der Waals surface area contributed by atoms with E-state index in [1.54, 1.807) is 0 Å². The molecule has 0 saturated heterocycles. The van der Waals surface area contributed by atoms with Crippen molar-refractivity contribution in [3.63, 3.8) is 0 Å². The number of fused-ring (bicyclic) bond motifs is 1. The van der Waals surface area contributed by atoms with Gasteiger partial charge in [-0.2, -0.15) is 0 Å². The monoisotopic (exact) mass is 263 g/mol. The van der Waals surface area contributed by atoms with Crippen LogP contribution in [0, 0.1) is 0 Å². The molecule has 4 heteroatoms. The molecule has 0 bridgehead atoms. The van der Waals surface area contributed by atoms with E-state index in [1.807, 2.05) is 32.0 Å². The van der Waals surface area contributed by atoms with E-state index in [2.05, 4.69) is 0 Å². The highest BCUT2D eigenvalue weighted by atomic mass is 16.5. The minimum absolute atomic E-state index is 0.157. The Morgan fingerprint density at radius 2 is 2.32 bits per heavy atom. The Kier molecular flexibility index (Phi) is 3.98. The van der Waals surface area contributed by atoms with Gasteiger partial charge in [0.05, 0.1) is 6.61 Å². The zero-order valence-electron chi connectivity index (χ0n) is 11.6. The summed E-state index contributed by atoms with van der Waals surface area (Å²) in [6.45, 7) is 4.29. The standard InChI is InChI=1S/C15H21NO3/c1-3-18-14(17)7-9-15(2)8-6-11-10-12(16)4-5-13(11)19-15/h4-5,10H,3,6-9,16H2,1-2H3. The summed E-state index contributed by atoms with van der Waals surface area (Å²) >= 11 is 0. The van der Waals surface area contributed by atoms with E-state index in [9.17, 15) is 4.79 Å². The SMILES string of the molecule is CCOC(=O)CCC1(C)CCc2cc(N)ccc2O1. The summed E-state index contributed by atoms with van der Waals surface area (Å²) in [7, 11) is 0. The maximum Gasteiger partial charge on any atom is 0.305 e. The van der Waals surface area contributed by atoms with Gasteiger partial charge in [-0.25, -0.2) is 0 Å². The van der Waals surface area contributed by atoms with Gasteiger partial charge in [-0.1, -0.05) is 0 Å². The van der Waals surface area contributed by atoms with Gasteiger partial charge >= 0.3 is 5.97 Å². The quantitative estimate of drug-likeness (QED) is 0.670. The lowest BCUT2D eigenvalue weighted by Crippen LogP contribution is -2.37. The molecular formula is C15H21NO3. The summed E-state index contributed by atoms with van der Waals surface area (Å²) in [5.74, 6) is 0.724. The van der Waals surface area contributed by atoms with Crippen molar-refractivity contribution in [2.24, 2.45) is 0 Å². The summed E-state index contributed by atoms with van der Waals surface area (Å²) < 4.78 is 11.0. The van der Waals surface area contributed by atoms with Crippen LogP contribution in [0.25, 0.3) is 0 Å². The number of ether oxygens (including phenoxy) is 2. The first kappa shape index (κ1) is 13.7. The van der Waals surface area contributed by atoms with Crippen LogP contribution in [0.5, 0.6) is 5.75 Å². The van der Waals surface area contributed by atoms with Crippen LogP contribution in [0.2, 0.25) is 0 Å². The Hall–Kier alpha value is -1.71. The minimum Gasteiger partial charge on any atom is -0.487 e. The highest BCUT2D eigenvalue weighted by Gasteiger charge is 2.32. The Morgan fingerprint density at radius 1 is 1.53 bits per heavy atom. The van der Waals surface area contributed by atoms with Crippen LogP contribution < -0.4 is 10.5 Å². The molecule has 1 aliphatic heterocycles. The first-order valence-electron chi connectivity index (χ1n) is 6.75. The normalized spacial score (nSPS) is 21.4. The average Bonchev–Trinajstić information content (AvgIpc) is 2.38. The van der Waals surface area contributed by atoms with E-state index in [1.165, 1.54) is 0 Å². The number of nitrogens with two attached hydrogens (primary N) is 1. The maximum absolute atomic E-state index is 11.4. The number of hydrogen-bond donors (Lipinski definition) is 1. The van der Waals surface area contributed by atoms with Crippen LogP contribution in [0.4, 0.5) is 5.69 Å². The minimum atomic E-state index is -0.296. The number of carbonyl (C=O) groups excluding carboxylic acids is 1. The summed E-state index contributed by atoms with van der Waals surface area (Å²) in [4.78, 5) is 11.4. The number of anilines is 1. The molecule has 1 atom stereocenters. The first-order chi connectivity index (χ1) is 9.02. The van der Waals surface area contributed by atoms with Crippen LogP contribution in [0.1, 0.15) is 38.7 Å². The average molecular weight is 263 g/mol. The number of nitrogen functional groups attached to an aromatic ring is 1. The summed E-state index contributed by atoms with van der Waals surface area (Å²) in [5, 5.41) is 0. The fraction of sp³-hybridized carbons (Fsp3) is 0.533. The number of aryl methyl sites for hydroxylation is 1. The fourth-order valence-corrected chi connectivity index (χ4v) is 2.39. The van der Waals surface area contributed by atoms with Crippen LogP contribution in [-0.4, -0.2) is 18.2 Å². The summed E-state index contributed by atoms with van der Waals surface area (Å²) in [6.07, 6.45) is 2.90. The molecule has 1 aromatic rings. The number of rotatable bonds is 4. The number of hydrogen-bond acceptors (Lipinski definition) is 4. The van der Waals surface area contributed by atoms with E-state index in [0.717, 1.165) is 29.8 Å². The van der Waals surface area contributed by atoms with Crippen molar-refractivity contribution >= 4 is 11.7 Å². The lowest BCUT2D eigenvalue weighted by molar-refractivity contribution is -0.144. The molecule has 0 amide bonds.